The van der Waals surface area contributed by atoms with Crippen molar-refractivity contribution in [1.29, 1.82) is 0 Å². The van der Waals surface area contributed by atoms with E-state index >= 15 is 0 Å². The van der Waals surface area contributed by atoms with Gasteiger partial charge >= 0.3 is 0 Å². The standard InChI is InChI=1S/C17H24N4O3.HI/c1-18-17(20-7-6-19-16(22)15-3-2-8-23-15)21-9-11-12(10-21)14-5-4-13(11)24-14;/h2-3,8,11-14H,4-7,9-10H2,1H3,(H,18,20)(H,19,22);1H. The van der Waals surface area contributed by atoms with E-state index in [0.29, 0.717) is 42.9 Å². The van der Waals surface area contributed by atoms with Gasteiger partial charge in [0.1, 0.15) is 0 Å². The van der Waals surface area contributed by atoms with E-state index in [9.17, 15) is 4.79 Å². The quantitative estimate of drug-likeness (QED) is 0.307. The lowest BCUT2D eigenvalue weighted by Gasteiger charge is -2.23. The van der Waals surface area contributed by atoms with E-state index < -0.39 is 0 Å². The fraction of sp³-hybridized carbons (Fsp3) is 0.647. The van der Waals surface area contributed by atoms with E-state index in [0.717, 1.165) is 19.0 Å². The third kappa shape index (κ3) is 3.64. The molecule has 1 aromatic heterocycles. The Kier molecular flexibility index (Phi) is 5.88. The van der Waals surface area contributed by atoms with Crippen molar-refractivity contribution < 1.29 is 13.9 Å². The van der Waals surface area contributed by atoms with E-state index in [-0.39, 0.29) is 29.9 Å². The molecular formula is C17H25IN4O3. The fourth-order valence-electron chi connectivity index (χ4n) is 4.31. The number of halogens is 1. The van der Waals surface area contributed by atoms with Gasteiger partial charge in [0.25, 0.3) is 5.91 Å². The topological polar surface area (TPSA) is 79.1 Å². The molecule has 7 nitrogen and oxygen atoms in total. The Balaban J connectivity index is 0.00000182. The van der Waals surface area contributed by atoms with Crippen LogP contribution < -0.4 is 10.6 Å². The van der Waals surface area contributed by atoms with Gasteiger partial charge in [-0.1, -0.05) is 0 Å². The maximum Gasteiger partial charge on any atom is 0.287 e. The Morgan fingerprint density at radius 1 is 1.24 bits per heavy atom. The Morgan fingerprint density at radius 2 is 1.92 bits per heavy atom. The lowest BCUT2D eigenvalue weighted by molar-refractivity contribution is 0.0767. The van der Waals surface area contributed by atoms with Crippen LogP contribution in [0.15, 0.2) is 27.8 Å². The van der Waals surface area contributed by atoms with Crippen molar-refractivity contribution in [2.75, 3.05) is 33.2 Å². The van der Waals surface area contributed by atoms with Gasteiger partial charge in [0, 0.05) is 45.1 Å². The Hall–Kier alpha value is -1.29. The molecule has 4 unspecified atom stereocenters. The van der Waals surface area contributed by atoms with Crippen LogP contribution in [0.25, 0.3) is 0 Å². The molecule has 0 spiro atoms. The molecule has 1 aromatic rings. The number of carbonyl (C=O) groups is 1. The van der Waals surface area contributed by atoms with E-state index in [1.165, 1.54) is 19.1 Å². The summed E-state index contributed by atoms with van der Waals surface area (Å²) in [6.45, 7) is 3.19. The predicted octanol–water partition coefficient (Wildman–Crippen LogP) is 1.31. The van der Waals surface area contributed by atoms with Gasteiger partial charge in [-0.25, -0.2) is 0 Å². The zero-order chi connectivity index (χ0) is 16.5. The third-order valence-corrected chi connectivity index (χ3v) is 5.40. The molecule has 3 fully saturated rings. The first-order chi connectivity index (χ1) is 11.8. The molecule has 2 N–H and O–H groups in total. The molecule has 1 amide bonds. The fourth-order valence-corrected chi connectivity index (χ4v) is 4.31. The number of amides is 1. The molecule has 3 aliphatic rings. The SMILES string of the molecule is CN=C(NCCNC(=O)c1ccco1)N1CC2C3CCC(O3)C2C1.I. The molecule has 0 saturated carbocycles. The van der Waals surface area contributed by atoms with E-state index in [1.807, 2.05) is 7.05 Å². The molecule has 0 radical (unpaired) electrons. The molecule has 3 aliphatic heterocycles. The molecule has 0 aliphatic carbocycles. The number of hydrogen-bond acceptors (Lipinski definition) is 4. The summed E-state index contributed by atoms with van der Waals surface area (Å²) in [4.78, 5) is 18.5. The average molecular weight is 460 g/mol. The number of ether oxygens (including phenoxy) is 1. The third-order valence-electron chi connectivity index (χ3n) is 5.40. The lowest BCUT2D eigenvalue weighted by Crippen LogP contribution is -2.44. The van der Waals surface area contributed by atoms with Gasteiger partial charge in [0.05, 0.1) is 18.5 Å². The number of aliphatic imine (C=N–C) groups is 1. The Labute approximate surface area is 164 Å². The van der Waals surface area contributed by atoms with E-state index in [4.69, 9.17) is 9.15 Å². The molecule has 4 rings (SSSR count). The van der Waals surface area contributed by atoms with Crippen LogP contribution in [0.2, 0.25) is 0 Å². The van der Waals surface area contributed by atoms with Crippen LogP contribution in [-0.4, -0.2) is 62.2 Å². The zero-order valence-electron chi connectivity index (χ0n) is 14.3. The second-order valence-corrected chi connectivity index (χ2v) is 6.73. The van der Waals surface area contributed by atoms with Crippen LogP contribution in [0.1, 0.15) is 23.4 Å². The maximum atomic E-state index is 11.8. The van der Waals surface area contributed by atoms with Gasteiger partial charge in [-0.05, 0) is 25.0 Å². The van der Waals surface area contributed by atoms with Gasteiger partial charge in [0.2, 0.25) is 0 Å². The number of guanidine groups is 1. The molecule has 8 heteroatoms. The van der Waals surface area contributed by atoms with Crippen LogP contribution in [0.4, 0.5) is 0 Å². The summed E-state index contributed by atoms with van der Waals surface area (Å²) in [6.07, 6.45) is 4.83. The predicted molar refractivity (Wildman–Crippen MR) is 104 cm³/mol. The van der Waals surface area contributed by atoms with Crippen molar-refractivity contribution in [1.82, 2.24) is 15.5 Å². The van der Waals surface area contributed by atoms with Crippen molar-refractivity contribution in [2.45, 2.75) is 25.0 Å². The Bertz CT molecular complexity index is 603. The van der Waals surface area contributed by atoms with Gasteiger partial charge in [-0.15, -0.1) is 24.0 Å². The normalized spacial score (nSPS) is 30.1. The van der Waals surface area contributed by atoms with Crippen LogP contribution in [0, 0.1) is 11.8 Å². The molecule has 4 heterocycles. The van der Waals surface area contributed by atoms with Crippen LogP contribution in [0.3, 0.4) is 0 Å². The summed E-state index contributed by atoms with van der Waals surface area (Å²) in [7, 11) is 1.81. The summed E-state index contributed by atoms with van der Waals surface area (Å²) in [5.74, 6) is 2.36. The number of likely N-dealkylation sites (tertiary alicyclic amines) is 1. The summed E-state index contributed by atoms with van der Waals surface area (Å²) in [5.41, 5.74) is 0. The number of rotatable bonds is 4. The van der Waals surface area contributed by atoms with E-state index in [2.05, 4.69) is 20.5 Å². The van der Waals surface area contributed by atoms with Gasteiger partial charge < -0.3 is 24.7 Å². The molecule has 138 valence electrons. The number of hydrogen-bond donors (Lipinski definition) is 2. The highest BCUT2D eigenvalue weighted by Crippen LogP contribution is 2.47. The minimum atomic E-state index is -0.193. The Morgan fingerprint density at radius 3 is 2.52 bits per heavy atom. The number of nitrogens with one attached hydrogen (secondary N) is 2. The number of fused-ring (bicyclic) bond motifs is 5. The van der Waals surface area contributed by atoms with Gasteiger partial charge in [-0.3, -0.25) is 9.79 Å². The van der Waals surface area contributed by atoms with Crippen molar-refractivity contribution >= 4 is 35.8 Å². The summed E-state index contributed by atoms with van der Waals surface area (Å²) < 4.78 is 11.1. The second-order valence-electron chi connectivity index (χ2n) is 6.73. The molecule has 3 saturated heterocycles. The van der Waals surface area contributed by atoms with Gasteiger partial charge in [-0.2, -0.15) is 0 Å². The monoisotopic (exact) mass is 460 g/mol. The number of carbonyl (C=O) groups excluding carboxylic acids is 1. The van der Waals surface area contributed by atoms with Crippen molar-refractivity contribution in [3.63, 3.8) is 0 Å². The minimum Gasteiger partial charge on any atom is -0.459 e. The molecule has 25 heavy (non-hydrogen) atoms. The largest absolute Gasteiger partial charge is 0.459 e. The number of nitrogens with zero attached hydrogens (tertiary/aromatic N) is 2. The minimum absolute atomic E-state index is 0. The van der Waals surface area contributed by atoms with Crippen molar-refractivity contribution in [2.24, 2.45) is 16.8 Å². The molecular weight excluding hydrogens is 435 g/mol. The first-order valence-electron chi connectivity index (χ1n) is 8.69. The first-order valence-corrected chi connectivity index (χ1v) is 8.69. The molecule has 4 atom stereocenters. The van der Waals surface area contributed by atoms with Gasteiger partial charge in [0.15, 0.2) is 11.7 Å². The van der Waals surface area contributed by atoms with Crippen LogP contribution in [-0.2, 0) is 4.74 Å². The zero-order valence-corrected chi connectivity index (χ0v) is 16.6. The van der Waals surface area contributed by atoms with Crippen LogP contribution >= 0.6 is 24.0 Å². The summed E-state index contributed by atoms with van der Waals surface area (Å²) in [5, 5.41) is 6.17. The van der Waals surface area contributed by atoms with E-state index in [1.54, 1.807) is 12.1 Å². The summed E-state index contributed by atoms with van der Waals surface area (Å²) >= 11 is 0. The van der Waals surface area contributed by atoms with Crippen LogP contribution in [0.5, 0.6) is 0 Å². The smallest absolute Gasteiger partial charge is 0.287 e. The lowest BCUT2D eigenvalue weighted by atomic mass is 9.82. The highest BCUT2D eigenvalue weighted by Gasteiger charge is 2.53. The maximum absolute atomic E-state index is 11.8. The highest BCUT2D eigenvalue weighted by atomic mass is 127. The van der Waals surface area contributed by atoms with Crippen molar-refractivity contribution in [3.05, 3.63) is 24.2 Å². The number of furan rings is 1. The summed E-state index contributed by atoms with van der Waals surface area (Å²) in [6, 6.07) is 3.36. The first kappa shape index (κ1) is 18.5. The highest BCUT2D eigenvalue weighted by molar-refractivity contribution is 14.0. The molecule has 0 aromatic carbocycles. The molecule has 2 bridgehead atoms. The second kappa shape index (κ2) is 7.94. The van der Waals surface area contributed by atoms with Crippen molar-refractivity contribution in [3.8, 4) is 0 Å². The average Bonchev–Trinajstić information content (AvgIpc) is 3.35.